The first-order chi connectivity index (χ1) is 19.1. The summed E-state index contributed by atoms with van der Waals surface area (Å²) in [5.74, 6) is -3.51. The van der Waals surface area contributed by atoms with Gasteiger partial charge in [0.2, 0.25) is 0 Å². The molecule has 1 aliphatic carbocycles. The molecule has 3 atom stereocenters. The van der Waals surface area contributed by atoms with Gasteiger partial charge >= 0.3 is 6.18 Å². The molecule has 3 aliphatic heterocycles. The van der Waals surface area contributed by atoms with E-state index in [1.807, 2.05) is 0 Å². The molecule has 1 saturated carbocycles. The maximum absolute atomic E-state index is 14.4. The average molecular weight is 588 g/mol. The van der Waals surface area contributed by atoms with Crippen molar-refractivity contribution in [2.45, 2.75) is 69.2 Å². The number of pyridine rings is 1. The lowest BCUT2D eigenvalue weighted by Crippen LogP contribution is -2.52. The zero-order chi connectivity index (χ0) is 29.6. The van der Waals surface area contributed by atoms with Crippen LogP contribution in [0, 0.1) is 0 Å². The van der Waals surface area contributed by atoms with Crippen LogP contribution in [0.2, 0.25) is 10.0 Å². The van der Waals surface area contributed by atoms with Crippen LogP contribution in [-0.2, 0) is 25.2 Å². The van der Waals surface area contributed by atoms with Gasteiger partial charge in [-0.3, -0.25) is 14.5 Å². The number of fused-ring (bicyclic) bond motifs is 2. The number of carbonyl (C=O) groups is 2. The number of alkyl halides is 3. The van der Waals surface area contributed by atoms with Crippen LogP contribution in [0.4, 0.5) is 24.7 Å². The van der Waals surface area contributed by atoms with Crippen LogP contribution in [0.25, 0.3) is 0 Å². The third-order valence-corrected chi connectivity index (χ3v) is 7.84. The van der Waals surface area contributed by atoms with Gasteiger partial charge in [-0.2, -0.15) is 13.2 Å². The molecule has 2 aromatic rings. The summed E-state index contributed by atoms with van der Waals surface area (Å²) in [6.07, 6.45) is -6.18. The second-order valence-corrected chi connectivity index (χ2v) is 11.1. The van der Waals surface area contributed by atoms with Crippen molar-refractivity contribution >= 4 is 46.5 Å². The summed E-state index contributed by atoms with van der Waals surface area (Å²) in [6.45, 7) is 0.677. The maximum atomic E-state index is 14.4. The van der Waals surface area contributed by atoms with Gasteiger partial charge in [0.05, 0.1) is 25.6 Å². The van der Waals surface area contributed by atoms with Gasteiger partial charge in [-0.1, -0.05) is 23.2 Å². The van der Waals surface area contributed by atoms with Crippen LogP contribution in [0.3, 0.4) is 0 Å². The quantitative estimate of drug-likeness (QED) is 0.482. The normalized spacial score (nSPS) is 28.3. The lowest BCUT2D eigenvalue weighted by atomic mass is 10.1. The van der Waals surface area contributed by atoms with Crippen molar-refractivity contribution in [2.75, 3.05) is 22.9 Å². The lowest BCUT2D eigenvalue weighted by molar-refractivity contribution is -0.161. The third kappa shape index (κ3) is 4.63. The molecule has 0 radical (unpaired) electrons. The van der Waals surface area contributed by atoms with E-state index in [1.165, 1.54) is 17.0 Å². The number of halogens is 5. The highest BCUT2D eigenvalue weighted by atomic mass is 35.5. The Morgan fingerprint density at radius 2 is 1.95 bits per heavy atom. The molecule has 1 aromatic heterocycles. The zero-order valence-corrected chi connectivity index (χ0v) is 22.2. The van der Waals surface area contributed by atoms with Gasteiger partial charge in [-0.25, -0.2) is 4.98 Å². The number of anilines is 2. The van der Waals surface area contributed by atoms with Crippen molar-refractivity contribution < 1.29 is 39.7 Å². The molecule has 13 heteroatoms. The van der Waals surface area contributed by atoms with E-state index in [9.17, 15) is 22.8 Å². The standard InChI is InChI=1S/C26H24Cl2F3N3O5/c1-25(2)38-21-19(23(35)33-8-3-9-37-20-16(33)7-6-14(27)18(20)28)34(24(36)22(21)39-25)17-11-13(26(29,30)31)10-15(32-17)12-4-5-12/h6-7,10-12,19,21-22H,3-5,8-9H2,1-2H3/t19-,21-,22-/m0/s1/i9D2. The van der Waals surface area contributed by atoms with Crippen molar-refractivity contribution in [3.05, 3.63) is 45.6 Å². The number of benzene rings is 1. The molecular weight excluding hydrogens is 562 g/mol. The Labute approximate surface area is 234 Å². The van der Waals surface area contributed by atoms with Crippen LogP contribution < -0.4 is 14.5 Å². The first-order valence-electron chi connectivity index (χ1n) is 13.3. The van der Waals surface area contributed by atoms with E-state index in [-0.39, 0.29) is 51.9 Å². The van der Waals surface area contributed by atoms with E-state index in [1.54, 1.807) is 13.8 Å². The smallest absolute Gasteiger partial charge is 0.416 e. The Balaban J connectivity index is 1.48. The molecule has 1 aromatic carbocycles. The number of carbonyl (C=O) groups excluding carboxylic acids is 2. The topological polar surface area (TPSA) is 81.2 Å². The van der Waals surface area contributed by atoms with Crippen LogP contribution in [0.15, 0.2) is 24.3 Å². The molecule has 2 saturated heterocycles. The molecule has 2 amide bonds. The summed E-state index contributed by atoms with van der Waals surface area (Å²) >= 11 is 12.5. The van der Waals surface area contributed by atoms with E-state index < -0.39 is 54.1 Å². The Kier molecular flexibility index (Phi) is 5.73. The van der Waals surface area contributed by atoms with Gasteiger partial charge in [-0.05, 0) is 57.4 Å². The van der Waals surface area contributed by atoms with Crippen LogP contribution in [0.1, 0.15) is 53.0 Å². The lowest BCUT2D eigenvalue weighted by Gasteiger charge is -2.33. The number of hydrogen-bond donors (Lipinski definition) is 0. The first-order valence-corrected chi connectivity index (χ1v) is 13.1. The molecule has 6 rings (SSSR count). The van der Waals surface area contributed by atoms with Crippen molar-refractivity contribution in [2.24, 2.45) is 0 Å². The van der Waals surface area contributed by atoms with E-state index in [2.05, 4.69) is 4.98 Å². The van der Waals surface area contributed by atoms with Crippen molar-refractivity contribution in [1.82, 2.24) is 4.98 Å². The summed E-state index contributed by atoms with van der Waals surface area (Å²) in [5.41, 5.74) is -0.738. The molecule has 39 heavy (non-hydrogen) atoms. The number of hydrogen-bond acceptors (Lipinski definition) is 6. The fourth-order valence-electron chi connectivity index (χ4n) is 5.17. The minimum atomic E-state index is -4.73. The van der Waals surface area contributed by atoms with Crippen LogP contribution in [-0.4, -0.2) is 53.9 Å². The fourth-order valence-corrected chi connectivity index (χ4v) is 5.52. The van der Waals surface area contributed by atoms with Crippen molar-refractivity contribution in [1.29, 1.82) is 0 Å². The van der Waals surface area contributed by atoms with Crippen LogP contribution >= 0.6 is 23.2 Å². The third-order valence-electron chi connectivity index (χ3n) is 7.05. The number of aromatic nitrogens is 1. The Morgan fingerprint density at radius 3 is 2.64 bits per heavy atom. The van der Waals surface area contributed by atoms with Crippen molar-refractivity contribution in [3.63, 3.8) is 0 Å². The summed E-state index contributed by atoms with van der Waals surface area (Å²) in [4.78, 5) is 34.6. The van der Waals surface area contributed by atoms with E-state index in [0.29, 0.717) is 12.8 Å². The molecule has 0 bridgehead atoms. The Morgan fingerprint density at radius 1 is 1.21 bits per heavy atom. The van der Waals surface area contributed by atoms with Crippen molar-refractivity contribution in [3.8, 4) is 5.75 Å². The highest BCUT2D eigenvalue weighted by Gasteiger charge is 2.62. The molecule has 208 valence electrons. The summed E-state index contributed by atoms with van der Waals surface area (Å²) in [5, 5.41) is -0.0662. The molecular formula is C26H24Cl2F3N3O5. The highest BCUT2D eigenvalue weighted by Crippen LogP contribution is 2.46. The number of nitrogens with zero attached hydrogens (tertiary/aromatic N) is 3. The number of rotatable bonds is 3. The molecule has 3 fully saturated rings. The first kappa shape index (κ1) is 24.2. The van der Waals surface area contributed by atoms with Gasteiger partial charge in [0, 0.05) is 18.2 Å². The van der Waals surface area contributed by atoms with E-state index in [4.69, 9.17) is 40.2 Å². The second kappa shape index (κ2) is 9.22. The minimum absolute atomic E-state index is 0.0586. The fraction of sp³-hybridized carbons (Fsp3) is 0.500. The van der Waals surface area contributed by atoms with Gasteiger partial charge < -0.3 is 19.1 Å². The van der Waals surface area contributed by atoms with Gasteiger partial charge in [-0.15, -0.1) is 0 Å². The van der Waals surface area contributed by atoms with E-state index in [0.717, 1.165) is 17.0 Å². The molecule has 0 spiro atoms. The SMILES string of the molecule is [2H]C1([2H])CCN(C(=O)[C@@H]2[C@@H]3OC(C)(C)O[C@@H]3C(=O)N2c2cc(C(F)(F)F)cc(C3CC3)n2)c2ccc(Cl)c(Cl)c2O1. The molecule has 0 N–H and O–H groups in total. The molecule has 0 unspecified atom stereocenters. The predicted octanol–water partition coefficient (Wildman–Crippen LogP) is 5.34. The zero-order valence-electron chi connectivity index (χ0n) is 22.7. The van der Waals surface area contributed by atoms with Gasteiger partial charge in [0.25, 0.3) is 11.8 Å². The van der Waals surface area contributed by atoms with Gasteiger partial charge in [0.15, 0.2) is 17.6 Å². The Hall–Kier alpha value is -2.60. The van der Waals surface area contributed by atoms with Crippen LogP contribution in [0.5, 0.6) is 5.75 Å². The monoisotopic (exact) mass is 587 g/mol. The molecule has 4 heterocycles. The predicted molar refractivity (Wildman–Crippen MR) is 135 cm³/mol. The molecule has 4 aliphatic rings. The summed E-state index contributed by atoms with van der Waals surface area (Å²) in [7, 11) is 0. The number of ether oxygens (including phenoxy) is 3. The summed E-state index contributed by atoms with van der Waals surface area (Å²) < 4.78 is 75.5. The minimum Gasteiger partial charge on any atom is -0.490 e. The largest absolute Gasteiger partial charge is 0.490 e. The molecule has 8 nitrogen and oxygen atoms in total. The second-order valence-electron chi connectivity index (χ2n) is 10.3. The Bertz CT molecular complexity index is 1460. The summed E-state index contributed by atoms with van der Waals surface area (Å²) in [6, 6.07) is 3.04. The van der Waals surface area contributed by atoms with E-state index >= 15 is 0 Å². The highest BCUT2D eigenvalue weighted by molar-refractivity contribution is 6.43. The number of amides is 2. The maximum Gasteiger partial charge on any atom is 0.416 e. The van der Waals surface area contributed by atoms with Gasteiger partial charge in [0.1, 0.15) is 23.0 Å². The average Bonchev–Trinajstić information content (AvgIpc) is 3.65.